The summed E-state index contributed by atoms with van der Waals surface area (Å²) in [5.74, 6) is 0.532. The molecule has 3 aromatic carbocycles. The third-order valence-corrected chi connectivity index (χ3v) is 7.30. The van der Waals surface area contributed by atoms with E-state index in [1.165, 1.54) is 18.2 Å². The number of tetrazole rings is 1. The van der Waals surface area contributed by atoms with Crippen LogP contribution in [0.5, 0.6) is 5.75 Å². The molecule has 1 atom stereocenters. The number of ether oxygens (including phenoxy) is 1. The third kappa shape index (κ3) is 5.03. The first-order valence-electron chi connectivity index (χ1n) is 12.9. The molecule has 1 unspecified atom stereocenters. The molecule has 0 saturated carbocycles. The molecule has 1 aliphatic rings. The van der Waals surface area contributed by atoms with E-state index in [4.69, 9.17) is 4.74 Å². The van der Waals surface area contributed by atoms with Crippen LogP contribution in [0.4, 0.5) is 14.5 Å². The second-order valence-electron chi connectivity index (χ2n) is 9.71. The summed E-state index contributed by atoms with van der Waals surface area (Å²) in [6.45, 7) is 2.50. The molecule has 1 aliphatic heterocycles. The zero-order valence-corrected chi connectivity index (χ0v) is 21.8. The van der Waals surface area contributed by atoms with Crippen molar-refractivity contribution in [2.75, 3.05) is 38.2 Å². The molecule has 11 heteroatoms. The minimum Gasteiger partial charge on any atom is -0.497 e. The first kappa shape index (κ1) is 25.6. The number of anilines is 1. The number of fused-ring (bicyclic) bond motifs is 1. The highest BCUT2D eigenvalue weighted by Gasteiger charge is 2.33. The Kier molecular flexibility index (Phi) is 6.95. The topological polar surface area (TPSA) is 92.2 Å². The molecule has 5 aromatic rings. The number of piperazine rings is 1. The number of hydrogen-bond donors (Lipinski definition) is 1. The van der Waals surface area contributed by atoms with Gasteiger partial charge in [0.2, 0.25) is 0 Å². The van der Waals surface area contributed by atoms with Gasteiger partial charge in [-0.15, -0.1) is 5.10 Å². The van der Waals surface area contributed by atoms with Gasteiger partial charge in [0.25, 0.3) is 5.56 Å². The van der Waals surface area contributed by atoms with Crippen molar-refractivity contribution in [2.45, 2.75) is 12.6 Å². The summed E-state index contributed by atoms with van der Waals surface area (Å²) in [6.07, 6.45) is 0. The zero-order chi connectivity index (χ0) is 27.6. The highest BCUT2D eigenvalue weighted by Crippen LogP contribution is 2.30. The van der Waals surface area contributed by atoms with Gasteiger partial charge in [0.15, 0.2) is 5.82 Å². The number of pyridine rings is 1. The Morgan fingerprint density at radius 1 is 0.975 bits per heavy atom. The number of para-hydroxylation sites is 1. The number of aromatic amines is 1. The van der Waals surface area contributed by atoms with Gasteiger partial charge in [0, 0.05) is 37.8 Å². The molecule has 1 fully saturated rings. The van der Waals surface area contributed by atoms with Gasteiger partial charge in [-0.1, -0.05) is 24.3 Å². The molecule has 1 saturated heterocycles. The minimum atomic E-state index is -0.575. The summed E-state index contributed by atoms with van der Waals surface area (Å²) in [5, 5.41) is 13.3. The monoisotopic (exact) mass is 543 g/mol. The first-order valence-corrected chi connectivity index (χ1v) is 12.9. The Bertz CT molecular complexity index is 1700. The smallest absolute Gasteiger partial charge is 0.253 e. The minimum absolute atomic E-state index is 0.265. The van der Waals surface area contributed by atoms with Gasteiger partial charge in [0.05, 0.1) is 24.9 Å². The lowest BCUT2D eigenvalue weighted by molar-refractivity contribution is 0.200. The highest BCUT2D eigenvalue weighted by atomic mass is 19.1. The zero-order valence-electron chi connectivity index (χ0n) is 21.8. The lowest BCUT2D eigenvalue weighted by Gasteiger charge is -2.39. The van der Waals surface area contributed by atoms with Gasteiger partial charge < -0.3 is 14.6 Å². The number of benzene rings is 3. The summed E-state index contributed by atoms with van der Waals surface area (Å²) in [7, 11) is 1.57. The van der Waals surface area contributed by atoms with Crippen molar-refractivity contribution >= 4 is 16.6 Å². The van der Waals surface area contributed by atoms with Crippen LogP contribution in [0.3, 0.4) is 0 Å². The maximum absolute atomic E-state index is 14.5. The molecule has 0 amide bonds. The summed E-state index contributed by atoms with van der Waals surface area (Å²) >= 11 is 0. The van der Waals surface area contributed by atoms with Gasteiger partial charge in [0.1, 0.15) is 23.4 Å². The van der Waals surface area contributed by atoms with E-state index in [-0.39, 0.29) is 17.2 Å². The van der Waals surface area contributed by atoms with Crippen molar-refractivity contribution in [3.05, 3.63) is 112 Å². The molecule has 0 aliphatic carbocycles. The van der Waals surface area contributed by atoms with Gasteiger partial charge in [-0.25, -0.2) is 13.5 Å². The number of rotatable bonds is 7. The second kappa shape index (κ2) is 10.9. The maximum Gasteiger partial charge on any atom is 0.253 e. The average molecular weight is 544 g/mol. The molecule has 6 rings (SSSR count). The van der Waals surface area contributed by atoms with E-state index in [0.29, 0.717) is 61.1 Å². The van der Waals surface area contributed by atoms with Gasteiger partial charge in [-0.3, -0.25) is 9.69 Å². The predicted molar refractivity (Wildman–Crippen MR) is 146 cm³/mol. The van der Waals surface area contributed by atoms with Gasteiger partial charge in [-0.05, 0) is 63.8 Å². The van der Waals surface area contributed by atoms with E-state index in [1.807, 2.05) is 29.2 Å². The lowest BCUT2D eigenvalue weighted by Crippen LogP contribution is -2.49. The van der Waals surface area contributed by atoms with Crippen molar-refractivity contribution in [1.82, 2.24) is 30.1 Å². The molecule has 9 nitrogen and oxygen atoms in total. The Hall–Kier alpha value is -4.64. The molecular formula is C29H27F2N7O2. The Morgan fingerprint density at radius 3 is 2.50 bits per heavy atom. The lowest BCUT2D eigenvalue weighted by atomic mass is 10.0. The van der Waals surface area contributed by atoms with E-state index >= 15 is 0 Å². The number of aromatic nitrogens is 5. The molecule has 204 valence electrons. The SMILES string of the molecule is COc1ccc2cc(C(c3nnnn3Cc3ccc(F)cc3)N3CCN(c4ccccc4F)CC3)c(=O)[nH]c2c1. The molecule has 1 N–H and O–H groups in total. The van der Waals surface area contributed by atoms with Crippen LogP contribution in [0.1, 0.15) is 23.0 Å². The number of halogens is 2. The molecule has 3 heterocycles. The predicted octanol–water partition coefficient (Wildman–Crippen LogP) is 3.76. The van der Waals surface area contributed by atoms with E-state index < -0.39 is 6.04 Å². The van der Waals surface area contributed by atoms with Crippen LogP contribution in [0, 0.1) is 11.6 Å². The van der Waals surface area contributed by atoms with Crippen molar-refractivity contribution in [2.24, 2.45) is 0 Å². The fourth-order valence-electron chi connectivity index (χ4n) is 5.24. The first-order chi connectivity index (χ1) is 19.5. The van der Waals surface area contributed by atoms with Crippen LogP contribution < -0.4 is 15.2 Å². The molecule has 40 heavy (non-hydrogen) atoms. The highest BCUT2D eigenvalue weighted by molar-refractivity contribution is 5.80. The second-order valence-corrected chi connectivity index (χ2v) is 9.71. The van der Waals surface area contributed by atoms with Crippen LogP contribution in [0.25, 0.3) is 10.9 Å². The summed E-state index contributed by atoms with van der Waals surface area (Å²) in [4.78, 5) is 20.7. The van der Waals surface area contributed by atoms with E-state index in [1.54, 1.807) is 42.1 Å². The largest absolute Gasteiger partial charge is 0.497 e. The molecule has 0 bridgehead atoms. The van der Waals surface area contributed by atoms with Gasteiger partial charge >= 0.3 is 0 Å². The van der Waals surface area contributed by atoms with Gasteiger partial charge in [-0.2, -0.15) is 0 Å². The van der Waals surface area contributed by atoms with Crippen molar-refractivity contribution in [3.8, 4) is 5.75 Å². The maximum atomic E-state index is 14.5. The van der Waals surface area contributed by atoms with Crippen molar-refractivity contribution in [3.63, 3.8) is 0 Å². The molecule has 0 radical (unpaired) electrons. The summed E-state index contributed by atoms with van der Waals surface area (Å²) < 4.78 is 35.0. The van der Waals surface area contributed by atoms with Crippen LogP contribution >= 0.6 is 0 Å². The fraction of sp³-hybridized carbons (Fsp3) is 0.241. The van der Waals surface area contributed by atoms with Crippen LogP contribution in [0.15, 0.2) is 77.6 Å². The quantitative estimate of drug-likeness (QED) is 0.334. The molecule has 0 spiro atoms. The van der Waals surface area contributed by atoms with Crippen molar-refractivity contribution in [1.29, 1.82) is 0 Å². The number of methoxy groups -OCH3 is 1. The number of nitrogens with one attached hydrogen (secondary N) is 1. The Morgan fingerprint density at radius 2 is 1.75 bits per heavy atom. The van der Waals surface area contributed by atoms with E-state index in [2.05, 4.69) is 25.4 Å². The summed E-state index contributed by atoms with van der Waals surface area (Å²) in [6, 6.07) is 19.7. The summed E-state index contributed by atoms with van der Waals surface area (Å²) in [5.41, 5.74) is 2.25. The third-order valence-electron chi connectivity index (χ3n) is 7.30. The van der Waals surface area contributed by atoms with Crippen LogP contribution in [-0.2, 0) is 6.54 Å². The Labute approximate surface area is 228 Å². The standard InChI is InChI=1S/C29H27F2N7O2/c1-40-22-11-8-20-16-23(29(39)32-25(20)17-22)27(28-33-34-35-38(28)18-19-6-9-21(30)10-7-19)37-14-12-36(13-15-37)26-5-3-2-4-24(26)31/h2-11,16-17,27H,12-15,18H2,1H3,(H,32,39). The van der Waals surface area contributed by atoms with Crippen molar-refractivity contribution < 1.29 is 13.5 Å². The fourth-order valence-corrected chi connectivity index (χ4v) is 5.24. The van der Waals surface area contributed by atoms with Crippen LogP contribution in [-0.4, -0.2) is 63.4 Å². The van der Waals surface area contributed by atoms with Crippen LogP contribution in [0.2, 0.25) is 0 Å². The van der Waals surface area contributed by atoms with E-state index in [0.717, 1.165) is 10.9 Å². The normalized spacial score (nSPS) is 14.9. The average Bonchev–Trinajstić information content (AvgIpc) is 3.42. The molecular weight excluding hydrogens is 516 g/mol. The van der Waals surface area contributed by atoms with E-state index in [9.17, 15) is 13.6 Å². The number of nitrogens with zero attached hydrogens (tertiary/aromatic N) is 6. The number of H-pyrrole nitrogens is 1. The molecule has 2 aromatic heterocycles. The number of hydrogen-bond acceptors (Lipinski definition) is 7. The Balaban J connectivity index is 1.39.